The third kappa shape index (κ3) is 4.70. The van der Waals surface area contributed by atoms with Gasteiger partial charge in [0.2, 0.25) is 15.9 Å². The van der Waals surface area contributed by atoms with Crippen LogP contribution >= 0.6 is 0 Å². The summed E-state index contributed by atoms with van der Waals surface area (Å²) in [6.45, 7) is 2.70. The van der Waals surface area contributed by atoms with Crippen molar-refractivity contribution in [2.24, 2.45) is 5.92 Å². The summed E-state index contributed by atoms with van der Waals surface area (Å²) in [4.78, 5) is 18.6. The monoisotopic (exact) mass is 366 g/mol. The molecule has 3 heterocycles. The van der Waals surface area contributed by atoms with Crippen LogP contribution in [0.25, 0.3) is 0 Å². The lowest BCUT2D eigenvalue weighted by Crippen LogP contribution is -2.32. The van der Waals surface area contributed by atoms with Gasteiger partial charge in [0, 0.05) is 19.5 Å². The summed E-state index contributed by atoms with van der Waals surface area (Å²) >= 11 is 0. The number of amides is 1. The van der Waals surface area contributed by atoms with Crippen molar-refractivity contribution < 1.29 is 13.2 Å². The summed E-state index contributed by atoms with van der Waals surface area (Å²) in [5.41, 5.74) is 0.556. The first-order chi connectivity index (χ1) is 11.9. The molecule has 1 atom stereocenters. The predicted octanol–water partition coefficient (Wildman–Crippen LogP) is 1.68. The number of nitrogens with zero attached hydrogens (tertiary/aromatic N) is 3. The van der Waals surface area contributed by atoms with Crippen molar-refractivity contribution in [2.75, 3.05) is 42.1 Å². The van der Waals surface area contributed by atoms with Crippen molar-refractivity contribution in [3.05, 3.63) is 18.3 Å². The summed E-state index contributed by atoms with van der Waals surface area (Å²) < 4.78 is 25.2. The second kappa shape index (κ2) is 7.70. The molecule has 8 heteroatoms. The van der Waals surface area contributed by atoms with Gasteiger partial charge in [-0.15, -0.1) is 0 Å². The number of aromatic nitrogens is 1. The molecule has 2 aliphatic heterocycles. The van der Waals surface area contributed by atoms with E-state index in [2.05, 4.69) is 22.2 Å². The minimum atomic E-state index is -3.20. The lowest BCUT2D eigenvalue weighted by atomic mass is 9.93. The Labute approximate surface area is 149 Å². The van der Waals surface area contributed by atoms with E-state index in [1.54, 1.807) is 12.1 Å². The maximum Gasteiger partial charge on any atom is 0.235 e. The lowest BCUT2D eigenvalue weighted by Gasteiger charge is -2.29. The van der Waals surface area contributed by atoms with Gasteiger partial charge in [-0.05, 0) is 57.3 Å². The van der Waals surface area contributed by atoms with Crippen LogP contribution in [0.2, 0.25) is 0 Å². The zero-order valence-corrected chi connectivity index (χ0v) is 15.5. The average molecular weight is 366 g/mol. The quantitative estimate of drug-likeness (QED) is 0.857. The topological polar surface area (TPSA) is 82.6 Å². The molecule has 1 unspecified atom stereocenters. The van der Waals surface area contributed by atoms with E-state index in [4.69, 9.17) is 0 Å². The van der Waals surface area contributed by atoms with E-state index < -0.39 is 10.0 Å². The zero-order valence-electron chi connectivity index (χ0n) is 14.6. The fourth-order valence-electron chi connectivity index (χ4n) is 3.59. The molecular weight excluding hydrogens is 340 g/mol. The number of rotatable bonds is 5. The van der Waals surface area contributed by atoms with Crippen LogP contribution in [-0.4, -0.2) is 56.6 Å². The summed E-state index contributed by atoms with van der Waals surface area (Å²) in [5.74, 6) is 1.19. The molecule has 0 radical (unpaired) electrons. The molecule has 2 saturated heterocycles. The Kier molecular flexibility index (Phi) is 5.58. The SMILES string of the molecule is CN1CCCC(CCC(=O)Nc2ccc(N3CCCS3(=O)=O)cn2)C1. The largest absolute Gasteiger partial charge is 0.311 e. The molecule has 3 rings (SSSR count). The molecule has 138 valence electrons. The van der Waals surface area contributed by atoms with Gasteiger partial charge in [-0.1, -0.05) is 0 Å². The summed E-state index contributed by atoms with van der Waals surface area (Å²) in [6.07, 6.45) is 5.91. The highest BCUT2D eigenvalue weighted by Gasteiger charge is 2.28. The summed E-state index contributed by atoms with van der Waals surface area (Å²) in [7, 11) is -1.08. The fourth-order valence-corrected chi connectivity index (χ4v) is 5.14. The van der Waals surface area contributed by atoms with Gasteiger partial charge in [-0.2, -0.15) is 0 Å². The molecule has 0 aliphatic carbocycles. The second-order valence-electron chi connectivity index (χ2n) is 7.00. The minimum absolute atomic E-state index is 0.0396. The number of carbonyl (C=O) groups excluding carboxylic acids is 1. The zero-order chi connectivity index (χ0) is 17.9. The van der Waals surface area contributed by atoms with Crippen LogP contribution in [0, 0.1) is 5.92 Å². The molecule has 0 saturated carbocycles. The van der Waals surface area contributed by atoms with Crippen LogP contribution in [0.4, 0.5) is 11.5 Å². The first-order valence-corrected chi connectivity index (χ1v) is 10.5. The molecule has 7 nitrogen and oxygen atoms in total. The van der Waals surface area contributed by atoms with Crippen molar-refractivity contribution in [1.82, 2.24) is 9.88 Å². The van der Waals surface area contributed by atoms with E-state index in [-0.39, 0.29) is 11.7 Å². The number of likely N-dealkylation sites (tertiary alicyclic amines) is 1. The smallest absolute Gasteiger partial charge is 0.235 e. The fraction of sp³-hybridized carbons (Fsp3) is 0.647. The van der Waals surface area contributed by atoms with E-state index in [0.717, 1.165) is 19.5 Å². The number of anilines is 2. The molecule has 1 N–H and O–H groups in total. The Morgan fingerprint density at radius 3 is 2.80 bits per heavy atom. The molecule has 1 aromatic rings. The van der Waals surface area contributed by atoms with Crippen molar-refractivity contribution in [2.45, 2.75) is 32.1 Å². The highest BCUT2D eigenvalue weighted by atomic mass is 32.2. The van der Waals surface area contributed by atoms with Gasteiger partial charge < -0.3 is 10.2 Å². The molecule has 2 fully saturated rings. The molecule has 0 spiro atoms. The van der Waals surface area contributed by atoms with Gasteiger partial charge >= 0.3 is 0 Å². The number of carbonyl (C=O) groups is 1. The lowest BCUT2D eigenvalue weighted by molar-refractivity contribution is -0.116. The van der Waals surface area contributed by atoms with Crippen LogP contribution in [0.5, 0.6) is 0 Å². The second-order valence-corrected chi connectivity index (χ2v) is 9.01. The third-order valence-electron chi connectivity index (χ3n) is 4.90. The van der Waals surface area contributed by atoms with Gasteiger partial charge in [-0.3, -0.25) is 9.10 Å². The number of piperidine rings is 1. The Morgan fingerprint density at radius 2 is 2.16 bits per heavy atom. The Balaban J connectivity index is 1.50. The maximum absolute atomic E-state index is 12.1. The van der Waals surface area contributed by atoms with E-state index >= 15 is 0 Å². The number of hydrogen-bond acceptors (Lipinski definition) is 5. The molecule has 0 aromatic carbocycles. The van der Waals surface area contributed by atoms with Gasteiger partial charge in [-0.25, -0.2) is 13.4 Å². The Bertz CT molecular complexity index is 705. The van der Waals surface area contributed by atoms with Crippen LogP contribution in [0.1, 0.15) is 32.1 Å². The van der Waals surface area contributed by atoms with E-state index in [9.17, 15) is 13.2 Å². The highest BCUT2D eigenvalue weighted by molar-refractivity contribution is 7.93. The van der Waals surface area contributed by atoms with Crippen molar-refractivity contribution >= 4 is 27.4 Å². The Hall–Kier alpha value is -1.67. The molecule has 1 aromatic heterocycles. The van der Waals surface area contributed by atoms with Gasteiger partial charge in [0.25, 0.3) is 0 Å². The normalized spacial score (nSPS) is 23.6. The van der Waals surface area contributed by atoms with Crippen molar-refractivity contribution in [1.29, 1.82) is 0 Å². The summed E-state index contributed by atoms with van der Waals surface area (Å²) in [5, 5.41) is 2.80. The highest BCUT2D eigenvalue weighted by Crippen LogP contribution is 2.24. The standard InChI is InChI=1S/C17H26N4O3S/c1-20-9-2-4-14(13-20)5-8-17(22)19-16-7-6-15(12-18-16)21-10-3-11-25(21,23)24/h6-7,12,14H,2-5,8-11,13H2,1H3,(H,18,19,22). The van der Waals surface area contributed by atoms with E-state index in [1.807, 2.05) is 0 Å². The minimum Gasteiger partial charge on any atom is -0.311 e. The Morgan fingerprint density at radius 1 is 1.32 bits per heavy atom. The van der Waals surface area contributed by atoms with E-state index in [1.165, 1.54) is 23.3 Å². The number of pyridine rings is 1. The van der Waals surface area contributed by atoms with Crippen molar-refractivity contribution in [3.63, 3.8) is 0 Å². The molecule has 1 amide bonds. The molecular formula is C17H26N4O3S. The maximum atomic E-state index is 12.1. The number of nitrogens with one attached hydrogen (secondary N) is 1. The van der Waals surface area contributed by atoms with Crippen LogP contribution in [-0.2, 0) is 14.8 Å². The van der Waals surface area contributed by atoms with Crippen LogP contribution in [0.3, 0.4) is 0 Å². The molecule has 0 bridgehead atoms. The van der Waals surface area contributed by atoms with Crippen LogP contribution in [0.15, 0.2) is 18.3 Å². The molecule has 25 heavy (non-hydrogen) atoms. The van der Waals surface area contributed by atoms with Gasteiger partial charge in [0.05, 0.1) is 17.6 Å². The van der Waals surface area contributed by atoms with E-state index in [0.29, 0.717) is 36.8 Å². The predicted molar refractivity (Wildman–Crippen MR) is 98.1 cm³/mol. The number of sulfonamides is 1. The average Bonchev–Trinajstić information content (AvgIpc) is 2.93. The van der Waals surface area contributed by atoms with Gasteiger partial charge in [0.15, 0.2) is 0 Å². The van der Waals surface area contributed by atoms with Crippen molar-refractivity contribution in [3.8, 4) is 0 Å². The van der Waals surface area contributed by atoms with Gasteiger partial charge in [0.1, 0.15) is 5.82 Å². The first-order valence-electron chi connectivity index (χ1n) is 8.89. The van der Waals surface area contributed by atoms with Crippen LogP contribution < -0.4 is 9.62 Å². The molecule has 2 aliphatic rings. The summed E-state index contributed by atoms with van der Waals surface area (Å²) in [6, 6.07) is 3.36. The first kappa shape index (κ1) is 18.1. The number of hydrogen-bond donors (Lipinski definition) is 1. The third-order valence-corrected chi connectivity index (χ3v) is 6.77.